The lowest BCUT2D eigenvalue weighted by Gasteiger charge is -2.26. The fourth-order valence-corrected chi connectivity index (χ4v) is 2.64. The predicted octanol–water partition coefficient (Wildman–Crippen LogP) is 4.61. The van der Waals surface area contributed by atoms with Crippen molar-refractivity contribution < 1.29 is 4.39 Å². The zero-order valence-electron chi connectivity index (χ0n) is 12.8. The smallest absolute Gasteiger partial charge is 0.148 e. The molecule has 0 fully saturated rings. The lowest BCUT2D eigenvalue weighted by atomic mass is 10.1. The monoisotopic (exact) mass is 306 g/mol. The standard InChI is InChI=1S/C20H19FN2/c21-18-12-7-13-19(20(18)22)23(14-16-8-3-1-4-9-16)15-17-10-5-2-6-11-17/h1-13H,14-15,22H2. The van der Waals surface area contributed by atoms with E-state index >= 15 is 0 Å². The zero-order valence-corrected chi connectivity index (χ0v) is 12.8. The Morgan fingerprint density at radius 3 is 1.74 bits per heavy atom. The highest BCUT2D eigenvalue weighted by Gasteiger charge is 2.13. The molecule has 0 unspecified atom stereocenters. The first kappa shape index (κ1) is 15.1. The third-order valence-corrected chi connectivity index (χ3v) is 3.80. The molecule has 2 nitrogen and oxygen atoms in total. The van der Waals surface area contributed by atoms with Crippen LogP contribution in [0, 0.1) is 5.82 Å². The summed E-state index contributed by atoms with van der Waals surface area (Å²) in [6, 6.07) is 25.2. The molecule has 0 aromatic heterocycles. The van der Waals surface area contributed by atoms with E-state index in [0.717, 1.165) is 16.8 Å². The van der Waals surface area contributed by atoms with Gasteiger partial charge in [0.05, 0.1) is 11.4 Å². The van der Waals surface area contributed by atoms with Crippen molar-refractivity contribution in [3.63, 3.8) is 0 Å². The second-order valence-corrected chi connectivity index (χ2v) is 5.50. The molecule has 23 heavy (non-hydrogen) atoms. The topological polar surface area (TPSA) is 29.3 Å². The minimum atomic E-state index is -0.381. The first-order chi connectivity index (χ1) is 11.2. The molecule has 0 aliphatic rings. The minimum Gasteiger partial charge on any atom is -0.395 e. The van der Waals surface area contributed by atoms with Crippen molar-refractivity contribution in [2.24, 2.45) is 0 Å². The fraction of sp³-hybridized carbons (Fsp3) is 0.100. The average Bonchev–Trinajstić information content (AvgIpc) is 2.59. The van der Waals surface area contributed by atoms with Crippen molar-refractivity contribution in [3.05, 3.63) is 95.8 Å². The first-order valence-corrected chi connectivity index (χ1v) is 7.61. The van der Waals surface area contributed by atoms with Crippen LogP contribution in [0.15, 0.2) is 78.9 Å². The van der Waals surface area contributed by atoms with Gasteiger partial charge in [-0.2, -0.15) is 0 Å². The van der Waals surface area contributed by atoms with Crippen LogP contribution in [0.3, 0.4) is 0 Å². The number of nitrogens with two attached hydrogens (primary N) is 1. The van der Waals surface area contributed by atoms with Gasteiger partial charge in [0.25, 0.3) is 0 Å². The van der Waals surface area contributed by atoms with E-state index in [4.69, 9.17) is 5.73 Å². The summed E-state index contributed by atoms with van der Waals surface area (Å²) in [5, 5.41) is 0. The summed E-state index contributed by atoms with van der Waals surface area (Å²) in [7, 11) is 0. The van der Waals surface area contributed by atoms with E-state index in [1.165, 1.54) is 6.07 Å². The van der Waals surface area contributed by atoms with Crippen LogP contribution in [0.4, 0.5) is 15.8 Å². The van der Waals surface area contributed by atoms with Crippen molar-refractivity contribution in [2.45, 2.75) is 13.1 Å². The second-order valence-electron chi connectivity index (χ2n) is 5.50. The maximum Gasteiger partial charge on any atom is 0.148 e. The Kier molecular flexibility index (Phi) is 4.57. The summed E-state index contributed by atoms with van der Waals surface area (Å²) in [5.74, 6) is -0.381. The van der Waals surface area contributed by atoms with E-state index in [1.807, 2.05) is 42.5 Å². The Hall–Kier alpha value is -2.81. The average molecular weight is 306 g/mol. The largest absolute Gasteiger partial charge is 0.395 e. The molecule has 3 heteroatoms. The molecule has 3 aromatic carbocycles. The molecule has 0 radical (unpaired) electrons. The van der Waals surface area contributed by atoms with Crippen molar-refractivity contribution in [1.29, 1.82) is 0 Å². The molecule has 0 saturated carbocycles. The van der Waals surface area contributed by atoms with E-state index in [0.29, 0.717) is 13.1 Å². The maximum atomic E-state index is 13.9. The zero-order chi connectivity index (χ0) is 16.1. The van der Waals surface area contributed by atoms with Crippen LogP contribution in [0.1, 0.15) is 11.1 Å². The molecule has 0 amide bonds. The molecule has 0 atom stereocenters. The molecular weight excluding hydrogens is 287 g/mol. The summed E-state index contributed by atoms with van der Waals surface area (Å²) in [5.41, 5.74) is 9.21. The van der Waals surface area contributed by atoms with Gasteiger partial charge in [0, 0.05) is 13.1 Å². The molecule has 0 aliphatic heterocycles. The van der Waals surface area contributed by atoms with Gasteiger partial charge < -0.3 is 10.6 Å². The summed E-state index contributed by atoms with van der Waals surface area (Å²) >= 11 is 0. The minimum absolute atomic E-state index is 0.194. The predicted molar refractivity (Wildman–Crippen MR) is 93.6 cm³/mol. The van der Waals surface area contributed by atoms with Gasteiger partial charge in [0.2, 0.25) is 0 Å². The summed E-state index contributed by atoms with van der Waals surface area (Å²) < 4.78 is 13.9. The third kappa shape index (κ3) is 3.69. The van der Waals surface area contributed by atoms with E-state index in [-0.39, 0.29) is 11.5 Å². The van der Waals surface area contributed by atoms with Crippen molar-refractivity contribution >= 4 is 11.4 Å². The molecule has 0 bridgehead atoms. The molecule has 3 rings (SSSR count). The van der Waals surface area contributed by atoms with Crippen LogP contribution in [0.5, 0.6) is 0 Å². The van der Waals surface area contributed by atoms with E-state index in [1.54, 1.807) is 6.07 Å². The normalized spacial score (nSPS) is 10.5. The van der Waals surface area contributed by atoms with Crippen LogP contribution >= 0.6 is 0 Å². The quantitative estimate of drug-likeness (QED) is 0.697. The molecule has 0 spiro atoms. The number of nitrogen functional groups attached to an aromatic ring is 1. The second kappa shape index (κ2) is 6.97. The van der Waals surface area contributed by atoms with Crippen molar-refractivity contribution in [2.75, 3.05) is 10.6 Å². The van der Waals surface area contributed by atoms with Gasteiger partial charge in [0.15, 0.2) is 0 Å². The highest BCUT2D eigenvalue weighted by molar-refractivity contribution is 5.68. The Bertz CT molecular complexity index is 716. The summed E-state index contributed by atoms with van der Waals surface area (Å²) in [6.45, 7) is 1.34. The highest BCUT2D eigenvalue weighted by Crippen LogP contribution is 2.28. The molecule has 0 aliphatic carbocycles. The van der Waals surface area contributed by atoms with Crippen LogP contribution in [-0.2, 0) is 13.1 Å². The van der Waals surface area contributed by atoms with E-state index < -0.39 is 0 Å². The third-order valence-electron chi connectivity index (χ3n) is 3.80. The number of anilines is 2. The Labute approximate surface area is 136 Å². The van der Waals surface area contributed by atoms with E-state index in [9.17, 15) is 4.39 Å². The Morgan fingerprint density at radius 2 is 1.22 bits per heavy atom. The molecule has 0 heterocycles. The number of para-hydroxylation sites is 1. The van der Waals surface area contributed by atoms with Crippen LogP contribution in [0.2, 0.25) is 0 Å². The molecule has 116 valence electrons. The summed E-state index contributed by atoms with van der Waals surface area (Å²) in [6.07, 6.45) is 0. The van der Waals surface area contributed by atoms with Gasteiger partial charge in [-0.3, -0.25) is 0 Å². The van der Waals surface area contributed by atoms with Gasteiger partial charge >= 0.3 is 0 Å². The van der Waals surface area contributed by atoms with Gasteiger partial charge in [0.1, 0.15) is 5.82 Å². The van der Waals surface area contributed by atoms with Gasteiger partial charge in [-0.1, -0.05) is 66.7 Å². The highest BCUT2D eigenvalue weighted by atomic mass is 19.1. The number of halogens is 1. The van der Waals surface area contributed by atoms with Gasteiger partial charge in [-0.25, -0.2) is 4.39 Å². The molecule has 2 N–H and O–H groups in total. The number of benzene rings is 3. The molecule has 3 aromatic rings. The Balaban J connectivity index is 1.94. The number of hydrogen-bond acceptors (Lipinski definition) is 2. The van der Waals surface area contributed by atoms with Gasteiger partial charge in [-0.05, 0) is 23.3 Å². The van der Waals surface area contributed by atoms with Crippen LogP contribution < -0.4 is 10.6 Å². The lowest BCUT2D eigenvalue weighted by Crippen LogP contribution is -2.23. The van der Waals surface area contributed by atoms with E-state index in [2.05, 4.69) is 29.2 Å². The maximum absolute atomic E-state index is 13.9. The SMILES string of the molecule is Nc1c(F)cccc1N(Cc1ccccc1)Cc1ccccc1. The van der Waals surface area contributed by atoms with Crippen molar-refractivity contribution in [1.82, 2.24) is 0 Å². The van der Waals surface area contributed by atoms with Gasteiger partial charge in [-0.15, -0.1) is 0 Å². The number of hydrogen-bond donors (Lipinski definition) is 1. The first-order valence-electron chi connectivity index (χ1n) is 7.61. The van der Waals surface area contributed by atoms with Crippen LogP contribution in [0.25, 0.3) is 0 Å². The Morgan fingerprint density at radius 1 is 0.696 bits per heavy atom. The molecule has 0 saturated heterocycles. The van der Waals surface area contributed by atoms with Crippen molar-refractivity contribution in [3.8, 4) is 0 Å². The lowest BCUT2D eigenvalue weighted by molar-refractivity contribution is 0.631. The fourth-order valence-electron chi connectivity index (χ4n) is 2.64. The number of nitrogens with zero attached hydrogens (tertiary/aromatic N) is 1. The molecular formula is C20H19FN2. The number of rotatable bonds is 5. The summed E-state index contributed by atoms with van der Waals surface area (Å²) in [4.78, 5) is 2.10. The van der Waals surface area contributed by atoms with Crippen LogP contribution in [-0.4, -0.2) is 0 Å².